The van der Waals surface area contributed by atoms with Gasteiger partial charge in [0.25, 0.3) is 5.91 Å². The van der Waals surface area contributed by atoms with Crippen molar-refractivity contribution >= 4 is 23.6 Å². The van der Waals surface area contributed by atoms with E-state index in [1.807, 2.05) is 0 Å². The molecule has 0 aliphatic carbocycles. The summed E-state index contributed by atoms with van der Waals surface area (Å²) >= 11 is 0. The van der Waals surface area contributed by atoms with Crippen LogP contribution in [0.5, 0.6) is 11.5 Å². The van der Waals surface area contributed by atoms with E-state index in [9.17, 15) is 14.4 Å². The molecule has 0 bridgehead atoms. The topological polar surface area (TPSA) is 115 Å². The lowest BCUT2D eigenvalue weighted by molar-refractivity contribution is -0.120. The van der Waals surface area contributed by atoms with Crippen LogP contribution in [0.2, 0.25) is 0 Å². The first-order chi connectivity index (χ1) is 15.1. The molecule has 32 heavy (non-hydrogen) atoms. The quantitative estimate of drug-likeness (QED) is 0.578. The van der Waals surface area contributed by atoms with Gasteiger partial charge in [-0.2, -0.15) is 0 Å². The summed E-state index contributed by atoms with van der Waals surface area (Å²) in [5.74, 6) is 0.0246. The average molecular weight is 444 g/mol. The van der Waals surface area contributed by atoms with Crippen molar-refractivity contribution in [2.75, 3.05) is 26.1 Å². The zero-order valence-electron chi connectivity index (χ0n) is 18.9. The second-order valence-corrected chi connectivity index (χ2v) is 7.82. The normalized spacial score (nSPS) is 10.7. The summed E-state index contributed by atoms with van der Waals surface area (Å²) in [4.78, 5) is 36.4. The molecule has 3 N–H and O–H groups in total. The van der Waals surface area contributed by atoms with Crippen molar-refractivity contribution in [3.8, 4) is 11.5 Å². The van der Waals surface area contributed by atoms with Crippen LogP contribution < -0.4 is 25.4 Å². The maximum Gasteiger partial charge on any atom is 0.408 e. The Morgan fingerprint density at radius 1 is 0.906 bits per heavy atom. The van der Waals surface area contributed by atoms with Gasteiger partial charge in [0.1, 0.15) is 29.2 Å². The molecule has 172 valence electrons. The zero-order valence-corrected chi connectivity index (χ0v) is 18.9. The molecule has 0 aliphatic rings. The molecule has 3 amide bonds. The van der Waals surface area contributed by atoms with Gasteiger partial charge in [0.05, 0.1) is 14.2 Å². The average Bonchev–Trinajstić information content (AvgIpc) is 2.74. The molecule has 0 spiro atoms. The summed E-state index contributed by atoms with van der Waals surface area (Å²) in [6, 6.07) is 12.1. The van der Waals surface area contributed by atoms with Crippen molar-refractivity contribution < 1.29 is 28.6 Å². The van der Waals surface area contributed by atoms with Gasteiger partial charge < -0.3 is 30.2 Å². The molecule has 0 fully saturated rings. The number of methoxy groups -OCH3 is 2. The molecule has 0 radical (unpaired) electrons. The molecule has 0 unspecified atom stereocenters. The van der Waals surface area contributed by atoms with Crippen molar-refractivity contribution in [3.05, 3.63) is 53.6 Å². The Bertz CT molecular complexity index is 946. The minimum absolute atomic E-state index is 0.209. The number of carbonyl (C=O) groups is 3. The highest BCUT2D eigenvalue weighted by molar-refractivity contribution is 6.08. The highest BCUT2D eigenvalue weighted by Crippen LogP contribution is 2.29. The largest absolute Gasteiger partial charge is 0.496 e. The minimum Gasteiger partial charge on any atom is -0.496 e. The van der Waals surface area contributed by atoms with Crippen LogP contribution in [0.25, 0.3) is 0 Å². The number of amides is 3. The molecule has 0 aliphatic heterocycles. The lowest BCUT2D eigenvalue weighted by Crippen LogP contribution is -2.39. The number of rotatable bonds is 8. The molecule has 9 heteroatoms. The van der Waals surface area contributed by atoms with Crippen LogP contribution in [0.1, 0.15) is 36.7 Å². The van der Waals surface area contributed by atoms with E-state index < -0.39 is 11.7 Å². The number of hydrogen-bond acceptors (Lipinski definition) is 6. The summed E-state index contributed by atoms with van der Waals surface area (Å²) in [5, 5.41) is 7.91. The second-order valence-electron chi connectivity index (χ2n) is 7.82. The van der Waals surface area contributed by atoms with E-state index in [4.69, 9.17) is 14.2 Å². The summed E-state index contributed by atoms with van der Waals surface area (Å²) < 4.78 is 15.6. The number of alkyl carbamates (subject to hydrolysis) is 1. The van der Waals surface area contributed by atoms with Crippen LogP contribution in [-0.4, -0.2) is 44.3 Å². The zero-order chi connectivity index (χ0) is 23.7. The predicted octanol–water partition coefficient (Wildman–Crippen LogP) is 3.10. The van der Waals surface area contributed by atoms with Crippen molar-refractivity contribution in [3.63, 3.8) is 0 Å². The Labute approximate surface area is 187 Å². The van der Waals surface area contributed by atoms with E-state index in [0.29, 0.717) is 17.2 Å². The van der Waals surface area contributed by atoms with Crippen molar-refractivity contribution in [1.29, 1.82) is 0 Å². The van der Waals surface area contributed by atoms with Crippen LogP contribution in [0, 0.1) is 0 Å². The summed E-state index contributed by atoms with van der Waals surface area (Å²) in [7, 11) is 2.96. The van der Waals surface area contributed by atoms with Crippen molar-refractivity contribution in [2.45, 2.75) is 32.9 Å². The van der Waals surface area contributed by atoms with E-state index in [0.717, 1.165) is 5.56 Å². The molecular formula is C23H29N3O6. The van der Waals surface area contributed by atoms with Gasteiger partial charge >= 0.3 is 6.09 Å². The molecule has 2 rings (SSSR count). The van der Waals surface area contributed by atoms with Crippen LogP contribution in [0.3, 0.4) is 0 Å². The van der Waals surface area contributed by atoms with E-state index in [1.54, 1.807) is 63.2 Å². The van der Waals surface area contributed by atoms with E-state index in [1.165, 1.54) is 14.2 Å². The molecule has 0 atom stereocenters. The number of nitrogens with one attached hydrogen (secondary N) is 3. The Kier molecular flexibility index (Phi) is 8.46. The van der Waals surface area contributed by atoms with E-state index in [-0.39, 0.29) is 30.5 Å². The lowest BCUT2D eigenvalue weighted by Gasteiger charge is -2.19. The first-order valence-corrected chi connectivity index (χ1v) is 9.97. The minimum atomic E-state index is -0.663. The first-order valence-electron chi connectivity index (χ1n) is 9.97. The van der Waals surface area contributed by atoms with Gasteiger partial charge in [-0.1, -0.05) is 18.2 Å². The molecule has 0 aromatic heterocycles. The Morgan fingerprint density at radius 3 is 2.12 bits per heavy atom. The van der Waals surface area contributed by atoms with Crippen LogP contribution in [-0.2, 0) is 16.1 Å². The summed E-state index contributed by atoms with van der Waals surface area (Å²) in [5.41, 5.74) is 0.950. The lowest BCUT2D eigenvalue weighted by atomic mass is 10.1. The smallest absolute Gasteiger partial charge is 0.408 e. The van der Waals surface area contributed by atoms with Crippen LogP contribution in [0.15, 0.2) is 42.5 Å². The number of hydrogen-bond donors (Lipinski definition) is 3. The van der Waals surface area contributed by atoms with E-state index in [2.05, 4.69) is 16.0 Å². The Morgan fingerprint density at radius 2 is 1.53 bits per heavy atom. The standard InChI is InChI=1S/C23H29N3O6/c1-23(2,3)32-22(29)25-14-19(27)24-13-15-8-6-9-16(12-15)26-21(28)20-17(30-4)10-7-11-18(20)31-5/h6-12H,13-14H2,1-5H3,(H,24,27)(H,25,29)(H,26,28). The van der Waals surface area contributed by atoms with Crippen LogP contribution in [0.4, 0.5) is 10.5 Å². The molecule has 2 aromatic carbocycles. The van der Waals surface area contributed by atoms with Crippen molar-refractivity contribution in [1.82, 2.24) is 10.6 Å². The third-order valence-corrected chi connectivity index (χ3v) is 4.12. The SMILES string of the molecule is COc1cccc(OC)c1C(=O)Nc1cccc(CNC(=O)CNC(=O)OC(C)(C)C)c1. The summed E-state index contributed by atoms with van der Waals surface area (Å²) in [6.07, 6.45) is -0.663. The van der Waals surface area contributed by atoms with Crippen LogP contribution >= 0.6 is 0 Å². The number of carbonyl (C=O) groups excluding carboxylic acids is 3. The van der Waals surface area contributed by atoms with Gasteiger partial charge in [0.15, 0.2) is 0 Å². The number of benzene rings is 2. The van der Waals surface area contributed by atoms with Gasteiger partial charge in [-0.3, -0.25) is 9.59 Å². The predicted molar refractivity (Wildman–Crippen MR) is 120 cm³/mol. The maximum absolute atomic E-state index is 12.8. The fourth-order valence-electron chi connectivity index (χ4n) is 2.76. The maximum atomic E-state index is 12.8. The monoisotopic (exact) mass is 443 g/mol. The molecular weight excluding hydrogens is 414 g/mol. The highest BCUT2D eigenvalue weighted by atomic mass is 16.6. The fraction of sp³-hybridized carbons (Fsp3) is 0.348. The molecule has 0 saturated heterocycles. The van der Waals surface area contributed by atoms with Crippen molar-refractivity contribution in [2.24, 2.45) is 0 Å². The van der Waals surface area contributed by atoms with Gasteiger partial charge in [-0.15, -0.1) is 0 Å². The third kappa shape index (κ3) is 7.50. The second kappa shape index (κ2) is 11.0. The summed E-state index contributed by atoms with van der Waals surface area (Å²) in [6.45, 7) is 5.22. The Balaban J connectivity index is 1.95. The van der Waals surface area contributed by atoms with Gasteiger partial charge in [-0.25, -0.2) is 4.79 Å². The molecule has 9 nitrogen and oxygen atoms in total. The number of anilines is 1. The Hall–Kier alpha value is -3.75. The first kappa shape index (κ1) is 24.5. The fourth-order valence-corrected chi connectivity index (χ4v) is 2.76. The van der Waals surface area contributed by atoms with Gasteiger partial charge in [-0.05, 0) is 50.6 Å². The molecule has 0 heterocycles. The highest BCUT2D eigenvalue weighted by Gasteiger charge is 2.19. The van der Waals surface area contributed by atoms with Gasteiger partial charge in [0, 0.05) is 12.2 Å². The van der Waals surface area contributed by atoms with E-state index >= 15 is 0 Å². The third-order valence-electron chi connectivity index (χ3n) is 4.12. The number of ether oxygens (including phenoxy) is 3. The van der Waals surface area contributed by atoms with Gasteiger partial charge in [0.2, 0.25) is 5.91 Å². The molecule has 0 saturated carbocycles. The molecule has 2 aromatic rings.